The number of carboxylic acids is 1. The summed E-state index contributed by atoms with van der Waals surface area (Å²) in [6.07, 6.45) is -1.88. The molecule has 0 heterocycles. The van der Waals surface area contributed by atoms with E-state index in [1.165, 1.54) is 24.3 Å². The van der Waals surface area contributed by atoms with Crippen LogP contribution in [0.15, 0.2) is 84.9 Å². The third kappa shape index (κ3) is 6.47. The van der Waals surface area contributed by atoms with Crippen LogP contribution in [0.2, 0.25) is 0 Å². The third-order valence-electron chi connectivity index (χ3n) is 5.03. The van der Waals surface area contributed by atoms with E-state index in [0.717, 1.165) is 0 Å². The molecule has 0 saturated heterocycles. The van der Waals surface area contributed by atoms with Crippen LogP contribution in [-0.4, -0.2) is 40.1 Å². The molecule has 0 spiro atoms. The molecule has 0 bridgehead atoms. The van der Waals surface area contributed by atoms with E-state index in [1.807, 2.05) is 0 Å². The predicted octanol–water partition coefficient (Wildman–Crippen LogP) is 2.47. The lowest BCUT2D eigenvalue weighted by molar-refractivity contribution is -0.143. The van der Waals surface area contributed by atoms with Gasteiger partial charge in [-0.2, -0.15) is 0 Å². The van der Waals surface area contributed by atoms with Gasteiger partial charge in [0, 0.05) is 12.0 Å². The van der Waals surface area contributed by atoms with Gasteiger partial charge in [0.25, 0.3) is 11.8 Å². The van der Waals surface area contributed by atoms with E-state index >= 15 is 0 Å². The standard InChI is InChI=1S/C25H23FN2O5/c26-19-13-11-16(12-14-19)15-20(25(32)33)27-24(31)22(29)21(17-7-3-1-4-8-17)28-23(30)18-9-5-2-6-10-18/h1-14,20-22,29H,15H2,(H,27,31)(H,28,30)(H,32,33)/t20-,21+,22-/m1/s1. The second kappa shape index (κ2) is 11.0. The lowest BCUT2D eigenvalue weighted by Crippen LogP contribution is -2.50. The van der Waals surface area contributed by atoms with Gasteiger partial charge in [0.05, 0.1) is 6.04 Å². The van der Waals surface area contributed by atoms with E-state index < -0.39 is 41.8 Å². The van der Waals surface area contributed by atoms with Crippen molar-refractivity contribution in [2.24, 2.45) is 0 Å². The van der Waals surface area contributed by atoms with Crippen molar-refractivity contribution in [2.75, 3.05) is 0 Å². The van der Waals surface area contributed by atoms with E-state index in [4.69, 9.17) is 0 Å². The zero-order chi connectivity index (χ0) is 23.8. The summed E-state index contributed by atoms with van der Waals surface area (Å²) < 4.78 is 13.1. The lowest BCUT2D eigenvalue weighted by atomic mass is 9.99. The Morgan fingerprint density at radius 3 is 1.97 bits per heavy atom. The Labute approximate surface area is 189 Å². The number of hydrogen-bond acceptors (Lipinski definition) is 4. The molecule has 0 fully saturated rings. The molecule has 0 unspecified atom stereocenters. The number of amides is 2. The van der Waals surface area contributed by atoms with Crippen LogP contribution in [0.3, 0.4) is 0 Å². The van der Waals surface area contributed by atoms with Crippen LogP contribution < -0.4 is 10.6 Å². The van der Waals surface area contributed by atoms with E-state index in [-0.39, 0.29) is 6.42 Å². The topological polar surface area (TPSA) is 116 Å². The van der Waals surface area contributed by atoms with Gasteiger partial charge in [0.1, 0.15) is 11.9 Å². The first-order valence-corrected chi connectivity index (χ1v) is 10.2. The maximum atomic E-state index is 13.1. The van der Waals surface area contributed by atoms with Crippen molar-refractivity contribution >= 4 is 17.8 Å². The normalized spacial score (nSPS) is 13.4. The number of benzene rings is 3. The summed E-state index contributed by atoms with van der Waals surface area (Å²) >= 11 is 0. The largest absolute Gasteiger partial charge is 0.480 e. The van der Waals surface area contributed by atoms with E-state index in [1.54, 1.807) is 60.7 Å². The summed E-state index contributed by atoms with van der Waals surface area (Å²) in [6.45, 7) is 0. The molecular weight excluding hydrogens is 427 g/mol. The Bertz CT molecular complexity index is 1090. The predicted molar refractivity (Wildman–Crippen MR) is 119 cm³/mol. The van der Waals surface area contributed by atoms with Gasteiger partial charge in [-0.1, -0.05) is 60.7 Å². The molecule has 0 aromatic heterocycles. The minimum Gasteiger partial charge on any atom is -0.480 e. The fourth-order valence-corrected chi connectivity index (χ4v) is 3.28. The Morgan fingerprint density at radius 2 is 1.39 bits per heavy atom. The summed E-state index contributed by atoms with van der Waals surface area (Å²) in [7, 11) is 0. The Hall–Kier alpha value is -4.04. The van der Waals surface area contributed by atoms with Gasteiger partial charge < -0.3 is 20.8 Å². The number of aliphatic hydroxyl groups is 1. The van der Waals surface area contributed by atoms with Crippen LogP contribution in [0.1, 0.15) is 27.5 Å². The van der Waals surface area contributed by atoms with Crippen molar-refractivity contribution in [3.05, 3.63) is 107 Å². The second-order valence-electron chi connectivity index (χ2n) is 7.40. The first-order valence-electron chi connectivity index (χ1n) is 10.2. The highest BCUT2D eigenvalue weighted by Gasteiger charge is 2.32. The summed E-state index contributed by atoms with van der Waals surface area (Å²) in [5.41, 5.74) is 1.30. The number of halogens is 1. The molecule has 3 rings (SSSR count). The van der Waals surface area contributed by atoms with E-state index in [0.29, 0.717) is 16.7 Å². The Morgan fingerprint density at radius 1 is 0.818 bits per heavy atom. The SMILES string of the molecule is O=C(N[C@@H](c1ccccc1)[C@@H](O)C(=O)N[C@H](Cc1ccc(F)cc1)C(=O)O)c1ccccc1. The van der Waals surface area contributed by atoms with Crippen molar-refractivity contribution in [2.45, 2.75) is 24.6 Å². The average molecular weight is 450 g/mol. The number of carbonyl (C=O) groups excluding carboxylic acids is 2. The molecule has 0 aliphatic rings. The second-order valence-corrected chi connectivity index (χ2v) is 7.40. The molecule has 3 aromatic carbocycles. The molecular formula is C25H23FN2O5. The number of nitrogens with one attached hydrogen (secondary N) is 2. The maximum Gasteiger partial charge on any atom is 0.326 e. The average Bonchev–Trinajstić information content (AvgIpc) is 2.83. The highest BCUT2D eigenvalue weighted by molar-refractivity contribution is 5.95. The van der Waals surface area contributed by atoms with Gasteiger partial charge in [0.15, 0.2) is 6.10 Å². The lowest BCUT2D eigenvalue weighted by Gasteiger charge is -2.25. The first kappa shape index (κ1) is 23.6. The zero-order valence-corrected chi connectivity index (χ0v) is 17.5. The molecule has 33 heavy (non-hydrogen) atoms. The van der Waals surface area contributed by atoms with Crippen molar-refractivity contribution in [1.82, 2.24) is 10.6 Å². The monoisotopic (exact) mass is 450 g/mol. The third-order valence-corrected chi connectivity index (χ3v) is 5.03. The van der Waals surface area contributed by atoms with Gasteiger partial charge in [-0.3, -0.25) is 9.59 Å². The molecule has 0 aliphatic heterocycles. The van der Waals surface area contributed by atoms with Crippen molar-refractivity contribution in [3.8, 4) is 0 Å². The first-order chi connectivity index (χ1) is 15.8. The quantitative estimate of drug-likeness (QED) is 0.400. The highest BCUT2D eigenvalue weighted by Crippen LogP contribution is 2.19. The van der Waals surface area contributed by atoms with Crippen LogP contribution >= 0.6 is 0 Å². The van der Waals surface area contributed by atoms with E-state index in [9.17, 15) is 29.0 Å². The fraction of sp³-hybridized carbons (Fsp3) is 0.160. The molecule has 3 atom stereocenters. The van der Waals surface area contributed by atoms with Gasteiger partial charge in [-0.15, -0.1) is 0 Å². The van der Waals surface area contributed by atoms with Crippen LogP contribution in [0.25, 0.3) is 0 Å². The van der Waals surface area contributed by atoms with Gasteiger partial charge in [-0.05, 0) is 35.4 Å². The van der Waals surface area contributed by atoms with Gasteiger partial charge >= 0.3 is 5.97 Å². The molecule has 0 aliphatic carbocycles. The van der Waals surface area contributed by atoms with Crippen molar-refractivity contribution in [3.63, 3.8) is 0 Å². The van der Waals surface area contributed by atoms with Crippen LogP contribution in [0, 0.1) is 5.82 Å². The summed E-state index contributed by atoms with van der Waals surface area (Å²) in [5, 5.41) is 25.3. The molecule has 2 amide bonds. The molecule has 7 nitrogen and oxygen atoms in total. The Balaban J connectivity index is 1.78. The number of hydrogen-bond donors (Lipinski definition) is 4. The molecule has 8 heteroatoms. The molecule has 3 aromatic rings. The van der Waals surface area contributed by atoms with E-state index in [2.05, 4.69) is 10.6 Å². The van der Waals surface area contributed by atoms with Crippen LogP contribution in [-0.2, 0) is 16.0 Å². The minimum atomic E-state index is -1.77. The smallest absolute Gasteiger partial charge is 0.326 e. The minimum absolute atomic E-state index is 0.111. The molecule has 0 radical (unpaired) electrons. The van der Waals surface area contributed by atoms with Crippen molar-refractivity contribution < 1.29 is 29.0 Å². The number of carbonyl (C=O) groups is 3. The van der Waals surface area contributed by atoms with Gasteiger partial charge in [-0.25, -0.2) is 9.18 Å². The number of rotatable bonds is 9. The fourth-order valence-electron chi connectivity index (χ4n) is 3.28. The van der Waals surface area contributed by atoms with Crippen LogP contribution in [0.4, 0.5) is 4.39 Å². The Kier molecular flexibility index (Phi) is 7.88. The summed E-state index contributed by atoms with van der Waals surface area (Å²) in [4.78, 5) is 37.2. The van der Waals surface area contributed by atoms with Gasteiger partial charge in [0.2, 0.25) is 0 Å². The highest BCUT2D eigenvalue weighted by atomic mass is 19.1. The number of aliphatic hydroxyl groups excluding tert-OH is 1. The van der Waals surface area contributed by atoms with Crippen molar-refractivity contribution in [1.29, 1.82) is 0 Å². The summed E-state index contributed by atoms with van der Waals surface area (Å²) in [5.74, 6) is -3.25. The number of aliphatic carboxylic acids is 1. The molecule has 170 valence electrons. The molecule has 4 N–H and O–H groups in total. The zero-order valence-electron chi connectivity index (χ0n) is 17.5. The molecule has 0 saturated carbocycles. The van der Waals surface area contributed by atoms with Crippen LogP contribution in [0.5, 0.6) is 0 Å². The summed E-state index contributed by atoms with van der Waals surface area (Å²) in [6, 6.07) is 19.4. The maximum absolute atomic E-state index is 13.1. The number of carboxylic acid groups (broad SMARTS) is 1.